The lowest BCUT2D eigenvalue weighted by atomic mass is 9.81. The zero-order valence-corrected chi connectivity index (χ0v) is 14.0. The number of guanidine groups is 1. The molecule has 118 valence electrons. The van der Waals surface area contributed by atoms with Gasteiger partial charge in [-0.3, -0.25) is 0 Å². The normalized spacial score (nSPS) is 23.9. The molecule has 0 aliphatic heterocycles. The number of hydrogen-bond acceptors (Lipinski definition) is 1. The second-order valence-corrected chi connectivity index (χ2v) is 5.31. The first-order valence-electron chi connectivity index (χ1n) is 6.54. The molecule has 1 saturated carbocycles. The standard InChI is InChI=1S/C13H22F3N3.HI/c1-9(2)7-18-12(17)19-8-10-4-3-5-11(6-10)13(14,15)16;/h10-11H,1,3-8H2,2H3,(H3,17,18,19);1H. The summed E-state index contributed by atoms with van der Waals surface area (Å²) < 4.78 is 37.9. The molecule has 0 radical (unpaired) electrons. The van der Waals surface area contributed by atoms with Crippen molar-refractivity contribution in [1.82, 2.24) is 5.32 Å². The molecule has 1 rings (SSSR count). The van der Waals surface area contributed by atoms with Gasteiger partial charge in [0.1, 0.15) is 0 Å². The minimum absolute atomic E-state index is 0. The van der Waals surface area contributed by atoms with E-state index in [4.69, 9.17) is 5.73 Å². The number of rotatable bonds is 4. The van der Waals surface area contributed by atoms with Gasteiger partial charge in [-0.15, -0.1) is 24.0 Å². The third-order valence-corrected chi connectivity index (χ3v) is 3.34. The van der Waals surface area contributed by atoms with Crippen molar-refractivity contribution in [2.45, 2.75) is 38.8 Å². The smallest absolute Gasteiger partial charge is 0.370 e. The topological polar surface area (TPSA) is 50.4 Å². The molecule has 1 aliphatic rings. The van der Waals surface area contributed by atoms with E-state index >= 15 is 0 Å². The Morgan fingerprint density at radius 2 is 2.05 bits per heavy atom. The maximum absolute atomic E-state index is 12.6. The van der Waals surface area contributed by atoms with Gasteiger partial charge < -0.3 is 11.1 Å². The largest absolute Gasteiger partial charge is 0.391 e. The Hall–Kier alpha value is -0.470. The summed E-state index contributed by atoms with van der Waals surface area (Å²) in [5.41, 5.74) is 6.52. The van der Waals surface area contributed by atoms with Gasteiger partial charge in [0.05, 0.1) is 12.5 Å². The molecule has 3 nitrogen and oxygen atoms in total. The SMILES string of the molecule is C=C(C)CN=C(N)NCC1CCCC(C(F)(F)F)C1.I. The highest BCUT2D eigenvalue weighted by atomic mass is 127. The molecule has 0 saturated heterocycles. The van der Waals surface area contributed by atoms with Crippen LogP contribution in [0.1, 0.15) is 32.6 Å². The van der Waals surface area contributed by atoms with E-state index in [0.717, 1.165) is 12.0 Å². The first-order chi connectivity index (χ1) is 8.79. The zero-order valence-electron chi connectivity index (χ0n) is 11.7. The second-order valence-electron chi connectivity index (χ2n) is 5.31. The summed E-state index contributed by atoms with van der Waals surface area (Å²) in [6.07, 6.45) is -2.20. The van der Waals surface area contributed by atoms with Crippen LogP contribution >= 0.6 is 24.0 Å². The maximum Gasteiger partial charge on any atom is 0.391 e. The van der Waals surface area contributed by atoms with Crippen molar-refractivity contribution in [2.24, 2.45) is 22.6 Å². The van der Waals surface area contributed by atoms with Crippen LogP contribution in [0.3, 0.4) is 0 Å². The monoisotopic (exact) mass is 405 g/mol. The highest BCUT2D eigenvalue weighted by Crippen LogP contribution is 2.39. The molecule has 0 aromatic rings. The van der Waals surface area contributed by atoms with E-state index < -0.39 is 12.1 Å². The summed E-state index contributed by atoms with van der Waals surface area (Å²) >= 11 is 0. The van der Waals surface area contributed by atoms with Gasteiger partial charge in [0, 0.05) is 6.54 Å². The lowest BCUT2D eigenvalue weighted by molar-refractivity contribution is -0.185. The van der Waals surface area contributed by atoms with Crippen molar-refractivity contribution in [3.63, 3.8) is 0 Å². The van der Waals surface area contributed by atoms with Gasteiger partial charge in [-0.05, 0) is 32.1 Å². The van der Waals surface area contributed by atoms with Gasteiger partial charge in [-0.1, -0.05) is 18.6 Å². The predicted molar refractivity (Wildman–Crippen MR) is 86.2 cm³/mol. The van der Waals surface area contributed by atoms with Gasteiger partial charge in [-0.25, -0.2) is 4.99 Å². The molecule has 0 heterocycles. The Kier molecular flexibility index (Phi) is 8.53. The Morgan fingerprint density at radius 3 is 2.60 bits per heavy atom. The minimum Gasteiger partial charge on any atom is -0.370 e. The Balaban J connectivity index is 0.00000361. The third kappa shape index (κ3) is 7.35. The van der Waals surface area contributed by atoms with E-state index in [-0.39, 0.29) is 48.7 Å². The molecule has 1 aliphatic carbocycles. The van der Waals surface area contributed by atoms with Crippen molar-refractivity contribution in [3.05, 3.63) is 12.2 Å². The van der Waals surface area contributed by atoms with Gasteiger partial charge >= 0.3 is 6.18 Å². The number of nitrogens with one attached hydrogen (secondary N) is 1. The van der Waals surface area contributed by atoms with Gasteiger partial charge in [-0.2, -0.15) is 13.2 Å². The second kappa shape index (κ2) is 8.74. The number of hydrogen-bond donors (Lipinski definition) is 2. The molecule has 20 heavy (non-hydrogen) atoms. The zero-order chi connectivity index (χ0) is 14.5. The molecular formula is C13H23F3IN3. The van der Waals surface area contributed by atoms with Crippen molar-refractivity contribution < 1.29 is 13.2 Å². The highest BCUT2D eigenvalue weighted by molar-refractivity contribution is 14.0. The van der Waals surface area contributed by atoms with Crippen molar-refractivity contribution in [1.29, 1.82) is 0 Å². The third-order valence-electron chi connectivity index (χ3n) is 3.34. The molecule has 0 spiro atoms. The van der Waals surface area contributed by atoms with Crippen molar-refractivity contribution >= 4 is 29.9 Å². The number of nitrogens with zero attached hydrogens (tertiary/aromatic N) is 1. The van der Waals surface area contributed by atoms with Crippen molar-refractivity contribution in [2.75, 3.05) is 13.1 Å². The van der Waals surface area contributed by atoms with E-state index in [9.17, 15) is 13.2 Å². The van der Waals surface area contributed by atoms with E-state index in [2.05, 4.69) is 16.9 Å². The number of alkyl halides is 3. The summed E-state index contributed by atoms with van der Waals surface area (Å²) in [6, 6.07) is 0. The molecule has 0 aromatic carbocycles. The molecule has 3 N–H and O–H groups in total. The molecule has 0 bridgehead atoms. The van der Waals surface area contributed by atoms with E-state index in [1.54, 1.807) is 0 Å². The van der Waals surface area contributed by atoms with Crippen LogP contribution in [0.15, 0.2) is 17.1 Å². The lowest BCUT2D eigenvalue weighted by Gasteiger charge is -2.30. The molecule has 2 atom stereocenters. The van der Waals surface area contributed by atoms with Crippen molar-refractivity contribution in [3.8, 4) is 0 Å². The lowest BCUT2D eigenvalue weighted by Crippen LogP contribution is -2.38. The summed E-state index contributed by atoms with van der Waals surface area (Å²) in [5.74, 6) is -0.877. The van der Waals surface area contributed by atoms with Crippen LogP contribution in [0, 0.1) is 11.8 Å². The van der Waals surface area contributed by atoms with Crippen LogP contribution in [0.2, 0.25) is 0 Å². The van der Waals surface area contributed by atoms with Gasteiger partial charge in [0.15, 0.2) is 5.96 Å². The van der Waals surface area contributed by atoms with Crippen LogP contribution in [0.4, 0.5) is 13.2 Å². The summed E-state index contributed by atoms with van der Waals surface area (Å²) in [4.78, 5) is 4.04. The van der Waals surface area contributed by atoms with Gasteiger partial charge in [0.2, 0.25) is 0 Å². The Bertz CT molecular complexity index is 342. The fourth-order valence-electron chi connectivity index (χ4n) is 2.30. The maximum atomic E-state index is 12.6. The number of aliphatic imine (C=N–C) groups is 1. The first-order valence-corrected chi connectivity index (χ1v) is 6.54. The Morgan fingerprint density at radius 1 is 1.40 bits per heavy atom. The van der Waals surface area contributed by atoms with E-state index in [0.29, 0.717) is 19.5 Å². The van der Waals surface area contributed by atoms with Crippen LogP contribution in [-0.4, -0.2) is 25.2 Å². The predicted octanol–water partition coefficient (Wildman–Crippen LogP) is 3.45. The van der Waals surface area contributed by atoms with E-state index in [1.807, 2.05) is 6.92 Å². The Labute approximate surface area is 135 Å². The van der Waals surface area contributed by atoms with Crippen LogP contribution in [0.5, 0.6) is 0 Å². The summed E-state index contributed by atoms with van der Waals surface area (Å²) in [7, 11) is 0. The minimum atomic E-state index is -4.07. The summed E-state index contributed by atoms with van der Waals surface area (Å²) in [6.45, 7) is 6.43. The highest BCUT2D eigenvalue weighted by Gasteiger charge is 2.41. The summed E-state index contributed by atoms with van der Waals surface area (Å²) in [5, 5.41) is 2.90. The van der Waals surface area contributed by atoms with Gasteiger partial charge in [0.25, 0.3) is 0 Å². The molecule has 0 amide bonds. The van der Waals surface area contributed by atoms with Crippen LogP contribution in [0.25, 0.3) is 0 Å². The molecule has 2 unspecified atom stereocenters. The number of nitrogens with two attached hydrogens (primary N) is 1. The fraction of sp³-hybridized carbons (Fsp3) is 0.769. The quantitative estimate of drug-likeness (QED) is 0.326. The molecule has 0 aromatic heterocycles. The first kappa shape index (κ1) is 19.5. The molecule has 7 heteroatoms. The average molecular weight is 405 g/mol. The van der Waals surface area contributed by atoms with Crippen LogP contribution in [-0.2, 0) is 0 Å². The number of halogens is 4. The van der Waals surface area contributed by atoms with E-state index in [1.165, 1.54) is 0 Å². The molecule has 1 fully saturated rings. The molecular weight excluding hydrogens is 382 g/mol. The van der Waals surface area contributed by atoms with Crippen LogP contribution < -0.4 is 11.1 Å². The fourth-order valence-corrected chi connectivity index (χ4v) is 2.30. The average Bonchev–Trinajstić information content (AvgIpc) is 2.33.